The third-order valence-corrected chi connectivity index (χ3v) is 5.25. The Morgan fingerprint density at radius 1 is 1.07 bits per heavy atom. The largest absolute Gasteiger partial charge is 0.507 e. The lowest BCUT2D eigenvalue weighted by Crippen LogP contribution is -2.29. The number of hydrogen-bond donors (Lipinski definition) is 1. The molecular weight excluding hydrogens is 381 g/mol. The Kier molecular flexibility index (Phi) is 4.48. The lowest BCUT2D eigenvalue weighted by molar-refractivity contribution is -0.132. The number of halogens is 1. The Morgan fingerprint density at radius 2 is 1.75 bits per heavy atom. The summed E-state index contributed by atoms with van der Waals surface area (Å²) < 4.78 is 14.6. The molecule has 28 heavy (non-hydrogen) atoms. The van der Waals surface area contributed by atoms with Crippen LogP contribution in [0.4, 0.5) is 9.52 Å². The highest BCUT2D eigenvalue weighted by atomic mass is 32.1. The molecular formula is C20H14FN3O3S. The Morgan fingerprint density at radius 3 is 2.39 bits per heavy atom. The summed E-state index contributed by atoms with van der Waals surface area (Å²) in [6.45, 7) is 1.71. The minimum absolute atomic E-state index is 0.0898. The quantitative estimate of drug-likeness (QED) is 0.416. The number of aromatic nitrogens is 2. The number of benzene rings is 2. The average Bonchev–Trinajstić information content (AvgIpc) is 3.23. The molecule has 1 aliphatic rings. The Hall–Kier alpha value is -3.39. The first-order valence-corrected chi connectivity index (χ1v) is 9.21. The van der Waals surface area contributed by atoms with E-state index in [1.165, 1.54) is 18.2 Å². The number of aryl methyl sites for hydroxylation is 1. The van der Waals surface area contributed by atoms with Crippen molar-refractivity contribution in [2.24, 2.45) is 0 Å². The second-order valence-electron chi connectivity index (χ2n) is 6.16. The van der Waals surface area contributed by atoms with Crippen molar-refractivity contribution in [2.45, 2.75) is 13.0 Å². The van der Waals surface area contributed by atoms with E-state index in [0.717, 1.165) is 16.2 Å². The average molecular weight is 395 g/mol. The molecule has 1 N–H and O–H groups in total. The van der Waals surface area contributed by atoms with E-state index in [9.17, 15) is 19.1 Å². The van der Waals surface area contributed by atoms with Gasteiger partial charge in [0, 0.05) is 11.1 Å². The summed E-state index contributed by atoms with van der Waals surface area (Å²) in [7, 11) is 0. The molecule has 140 valence electrons. The Balaban J connectivity index is 1.98. The minimum Gasteiger partial charge on any atom is -0.507 e. The standard InChI is InChI=1S/C20H14FN3O3S/c1-11-22-23-20(28-11)24-16(13-9-5-6-10-14(13)21)15(18(26)19(24)27)17(25)12-7-3-2-4-8-12/h2-10,16,25H,1H3/b17-15+. The molecule has 2 heterocycles. The molecule has 1 atom stereocenters. The molecule has 1 unspecified atom stereocenters. The van der Waals surface area contributed by atoms with Gasteiger partial charge in [-0.3, -0.25) is 14.5 Å². The van der Waals surface area contributed by atoms with Crippen LogP contribution in [-0.4, -0.2) is 27.0 Å². The molecule has 6 nitrogen and oxygen atoms in total. The molecule has 3 aromatic rings. The fourth-order valence-electron chi connectivity index (χ4n) is 3.16. The van der Waals surface area contributed by atoms with E-state index in [-0.39, 0.29) is 22.0 Å². The summed E-state index contributed by atoms with van der Waals surface area (Å²) in [5.74, 6) is -2.75. The number of aliphatic hydroxyl groups is 1. The number of aliphatic hydroxyl groups excluding tert-OH is 1. The van der Waals surface area contributed by atoms with Gasteiger partial charge in [0.25, 0.3) is 5.78 Å². The monoisotopic (exact) mass is 395 g/mol. The van der Waals surface area contributed by atoms with Gasteiger partial charge in [-0.1, -0.05) is 59.9 Å². The number of Topliss-reactive ketones (excluding diaryl/α,β-unsaturated/α-hetero) is 1. The van der Waals surface area contributed by atoms with Gasteiger partial charge in [-0.25, -0.2) is 4.39 Å². The molecule has 0 aliphatic carbocycles. The topological polar surface area (TPSA) is 83.4 Å². The second kappa shape index (κ2) is 6.97. The smallest absolute Gasteiger partial charge is 0.301 e. The van der Waals surface area contributed by atoms with Crippen LogP contribution in [0.2, 0.25) is 0 Å². The van der Waals surface area contributed by atoms with Crippen molar-refractivity contribution in [3.63, 3.8) is 0 Å². The molecule has 1 fully saturated rings. The predicted molar refractivity (Wildman–Crippen MR) is 102 cm³/mol. The summed E-state index contributed by atoms with van der Waals surface area (Å²) in [5.41, 5.74) is 0.261. The number of nitrogens with zero attached hydrogens (tertiary/aromatic N) is 3. The summed E-state index contributed by atoms with van der Waals surface area (Å²) in [6.07, 6.45) is 0. The van der Waals surface area contributed by atoms with Crippen molar-refractivity contribution >= 4 is 33.9 Å². The number of ketones is 1. The van der Waals surface area contributed by atoms with Gasteiger partial charge in [-0.2, -0.15) is 0 Å². The number of hydrogen-bond acceptors (Lipinski definition) is 6. The van der Waals surface area contributed by atoms with Gasteiger partial charge in [0.2, 0.25) is 5.13 Å². The van der Waals surface area contributed by atoms with Gasteiger partial charge >= 0.3 is 5.91 Å². The van der Waals surface area contributed by atoms with Crippen LogP contribution in [0, 0.1) is 12.7 Å². The van der Waals surface area contributed by atoms with Crippen molar-refractivity contribution in [2.75, 3.05) is 4.90 Å². The van der Waals surface area contributed by atoms with E-state index in [4.69, 9.17) is 0 Å². The van der Waals surface area contributed by atoms with Crippen molar-refractivity contribution in [3.05, 3.63) is 82.1 Å². The van der Waals surface area contributed by atoms with Crippen molar-refractivity contribution in [3.8, 4) is 0 Å². The molecule has 8 heteroatoms. The van der Waals surface area contributed by atoms with Crippen molar-refractivity contribution < 1.29 is 19.1 Å². The van der Waals surface area contributed by atoms with E-state index in [0.29, 0.717) is 10.6 Å². The highest BCUT2D eigenvalue weighted by Gasteiger charge is 2.49. The summed E-state index contributed by atoms with van der Waals surface area (Å²) in [6, 6.07) is 13.0. The van der Waals surface area contributed by atoms with Crippen LogP contribution in [-0.2, 0) is 9.59 Å². The molecule has 0 bridgehead atoms. The van der Waals surface area contributed by atoms with Gasteiger partial charge in [0.15, 0.2) is 0 Å². The lowest BCUT2D eigenvalue weighted by Gasteiger charge is -2.22. The number of anilines is 1. The van der Waals surface area contributed by atoms with Crippen molar-refractivity contribution in [1.82, 2.24) is 10.2 Å². The zero-order valence-corrected chi connectivity index (χ0v) is 15.5. The van der Waals surface area contributed by atoms with Crippen LogP contribution in [0.25, 0.3) is 5.76 Å². The van der Waals surface area contributed by atoms with Crippen LogP contribution in [0.3, 0.4) is 0 Å². The Labute approximate surface area is 163 Å². The SMILES string of the molecule is Cc1nnc(N2C(=O)C(=O)/C(=C(/O)c3ccccc3)C2c2ccccc2F)s1. The minimum atomic E-state index is -1.14. The lowest BCUT2D eigenvalue weighted by atomic mass is 9.95. The van der Waals surface area contributed by atoms with Gasteiger partial charge in [0.1, 0.15) is 22.6 Å². The fraction of sp³-hybridized carbons (Fsp3) is 0.100. The fourth-order valence-corrected chi connectivity index (χ4v) is 3.87. The molecule has 1 aromatic heterocycles. The number of rotatable bonds is 3. The third-order valence-electron chi connectivity index (χ3n) is 4.41. The first-order valence-electron chi connectivity index (χ1n) is 8.40. The van der Waals surface area contributed by atoms with E-state index in [2.05, 4.69) is 10.2 Å². The highest BCUT2D eigenvalue weighted by Crippen LogP contribution is 2.43. The van der Waals surface area contributed by atoms with Gasteiger partial charge in [-0.05, 0) is 13.0 Å². The first-order chi connectivity index (χ1) is 13.5. The van der Waals surface area contributed by atoms with Crippen LogP contribution in [0.1, 0.15) is 22.2 Å². The summed E-state index contributed by atoms with van der Waals surface area (Å²) in [4.78, 5) is 26.7. The molecule has 1 amide bonds. The van der Waals surface area contributed by atoms with Crippen LogP contribution in [0.5, 0.6) is 0 Å². The van der Waals surface area contributed by atoms with E-state index < -0.39 is 23.5 Å². The highest BCUT2D eigenvalue weighted by molar-refractivity contribution is 7.15. The Bertz CT molecular complexity index is 1110. The van der Waals surface area contributed by atoms with E-state index in [1.54, 1.807) is 43.3 Å². The molecule has 2 aromatic carbocycles. The summed E-state index contributed by atoms with van der Waals surface area (Å²) in [5, 5.41) is 19.4. The second-order valence-corrected chi connectivity index (χ2v) is 7.32. The molecule has 0 saturated carbocycles. The third kappa shape index (κ3) is 2.87. The van der Waals surface area contributed by atoms with Gasteiger partial charge in [0.05, 0.1) is 5.57 Å². The maximum absolute atomic E-state index is 14.6. The van der Waals surface area contributed by atoms with Crippen LogP contribution in [0.15, 0.2) is 60.2 Å². The number of amides is 1. The summed E-state index contributed by atoms with van der Waals surface area (Å²) >= 11 is 1.11. The number of carbonyl (C=O) groups excluding carboxylic acids is 2. The van der Waals surface area contributed by atoms with Crippen LogP contribution >= 0.6 is 11.3 Å². The molecule has 0 spiro atoms. The van der Waals surface area contributed by atoms with Gasteiger partial charge < -0.3 is 5.11 Å². The van der Waals surface area contributed by atoms with E-state index in [1.807, 2.05) is 0 Å². The zero-order chi connectivity index (χ0) is 19.8. The molecule has 0 radical (unpaired) electrons. The molecule has 1 saturated heterocycles. The van der Waals surface area contributed by atoms with Crippen molar-refractivity contribution in [1.29, 1.82) is 0 Å². The normalized spacial score (nSPS) is 18.6. The van der Waals surface area contributed by atoms with Crippen LogP contribution < -0.4 is 4.90 Å². The predicted octanol–water partition coefficient (Wildman–Crippen LogP) is 3.61. The molecule has 4 rings (SSSR count). The first kappa shape index (κ1) is 18.0. The zero-order valence-electron chi connectivity index (χ0n) is 14.7. The molecule has 1 aliphatic heterocycles. The van der Waals surface area contributed by atoms with E-state index >= 15 is 0 Å². The maximum atomic E-state index is 14.6. The number of carbonyl (C=O) groups is 2. The van der Waals surface area contributed by atoms with Gasteiger partial charge in [-0.15, -0.1) is 10.2 Å². The maximum Gasteiger partial charge on any atom is 0.301 e.